The molecule has 0 saturated carbocycles. The van der Waals surface area contributed by atoms with E-state index in [9.17, 15) is 14.0 Å². The van der Waals surface area contributed by atoms with Crippen molar-refractivity contribution in [2.45, 2.75) is 19.6 Å². The molecule has 6 heteroatoms. The first-order valence-electron chi connectivity index (χ1n) is 9.10. The molecule has 0 saturated heterocycles. The molecular formula is C23H20ClFN2O2. The van der Waals surface area contributed by atoms with Crippen molar-refractivity contribution in [3.63, 3.8) is 0 Å². The van der Waals surface area contributed by atoms with Crippen LogP contribution in [0.15, 0.2) is 72.8 Å². The Morgan fingerprint density at radius 3 is 1.90 bits per heavy atom. The minimum Gasteiger partial charge on any atom is -0.309 e. The Kier molecular flexibility index (Phi) is 6.42. The lowest BCUT2D eigenvalue weighted by Crippen LogP contribution is -2.29. The number of amides is 2. The highest BCUT2D eigenvalue weighted by molar-refractivity contribution is 6.21. The highest BCUT2D eigenvalue weighted by Gasteiger charge is 2.34. The molecular weight excluding hydrogens is 391 g/mol. The number of nitrogens with zero attached hydrogens (tertiary/aromatic N) is 1. The SMILES string of the molecule is Cl.O=C1c2ccccc2C(=O)N1Cc1ccc(CNCc2ccccc2F)cc1. The number of halogens is 2. The number of imide groups is 1. The van der Waals surface area contributed by atoms with Crippen molar-refractivity contribution < 1.29 is 14.0 Å². The van der Waals surface area contributed by atoms with Crippen molar-refractivity contribution in [2.75, 3.05) is 0 Å². The normalized spacial score (nSPS) is 12.7. The monoisotopic (exact) mass is 410 g/mol. The van der Waals surface area contributed by atoms with Crippen molar-refractivity contribution in [1.29, 1.82) is 0 Å². The Hall–Kier alpha value is -3.02. The molecule has 0 fully saturated rings. The van der Waals surface area contributed by atoms with Crippen LogP contribution in [0.4, 0.5) is 4.39 Å². The van der Waals surface area contributed by atoms with Gasteiger partial charge in [0.25, 0.3) is 11.8 Å². The maximum atomic E-state index is 13.6. The first-order chi connectivity index (χ1) is 13.6. The summed E-state index contributed by atoms with van der Waals surface area (Å²) in [5.41, 5.74) is 3.47. The molecule has 29 heavy (non-hydrogen) atoms. The molecule has 0 bridgehead atoms. The summed E-state index contributed by atoms with van der Waals surface area (Å²) in [6.45, 7) is 1.29. The van der Waals surface area contributed by atoms with Gasteiger partial charge in [0.2, 0.25) is 0 Å². The smallest absolute Gasteiger partial charge is 0.261 e. The zero-order chi connectivity index (χ0) is 19.5. The lowest BCUT2D eigenvalue weighted by atomic mass is 10.1. The molecule has 3 aromatic rings. The molecule has 0 radical (unpaired) electrons. The van der Waals surface area contributed by atoms with Crippen molar-refractivity contribution in [3.05, 3.63) is 106 Å². The quantitative estimate of drug-likeness (QED) is 0.615. The van der Waals surface area contributed by atoms with Crippen LogP contribution in [0, 0.1) is 5.82 Å². The Labute approximate surface area is 174 Å². The van der Waals surface area contributed by atoms with E-state index in [1.165, 1.54) is 11.0 Å². The lowest BCUT2D eigenvalue weighted by Gasteiger charge is -2.14. The fourth-order valence-electron chi connectivity index (χ4n) is 3.31. The summed E-state index contributed by atoms with van der Waals surface area (Å²) >= 11 is 0. The molecule has 148 valence electrons. The summed E-state index contributed by atoms with van der Waals surface area (Å²) in [4.78, 5) is 26.2. The number of carbonyl (C=O) groups excluding carboxylic acids is 2. The molecule has 0 spiro atoms. The van der Waals surface area contributed by atoms with Gasteiger partial charge in [-0.25, -0.2) is 4.39 Å². The molecule has 1 aliphatic rings. The minimum absolute atomic E-state index is 0. The molecule has 0 unspecified atom stereocenters. The standard InChI is InChI=1S/C23H19FN2O2.ClH/c24-21-8-4-1-5-18(21)14-25-13-16-9-11-17(12-10-16)15-26-22(27)19-6-2-3-7-20(19)23(26)28;/h1-12,25H,13-15H2;1H. The molecule has 0 atom stereocenters. The van der Waals surface area contributed by atoms with Crippen LogP contribution >= 0.6 is 12.4 Å². The molecule has 4 nitrogen and oxygen atoms in total. The summed E-state index contributed by atoms with van der Waals surface area (Å²) in [5, 5.41) is 3.22. The van der Waals surface area contributed by atoms with E-state index in [0.29, 0.717) is 29.8 Å². The van der Waals surface area contributed by atoms with Crippen LogP contribution in [-0.2, 0) is 19.6 Å². The van der Waals surface area contributed by atoms with Crippen LogP contribution in [0.3, 0.4) is 0 Å². The molecule has 1 N–H and O–H groups in total. The van der Waals surface area contributed by atoms with Crippen LogP contribution in [-0.4, -0.2) is 16.7 Å². The molecule has 0 aliphatic carbocycles. The van der Waals surface area contributed by atoms with E-state index in [4.69, 9.17) is 0 Å². The second-order valence-electron chi connectivity index (χ2n) is 6.75. The Bertz CT molecular complexity index is 1000. The van der Waals surface area contributed by atoms with Crippen molar-refractivity contribution in [3.8, 4) is 0 Å². The molecule has 1 aliphatic heterocycles. The Balaban J connectivity index is 0.00000240. The van der Waals surface area contributed by atoms with Gasteiger partial charge in [-0.1, -0.05) is 54.6 Å². The summed E-state index contributed by atoms with van der Waals surface area (Å²) < 4.78 is 13.6. The zero-order valence-electron chi connectivity index (χ0n) is 15.6. The second kappa shape index (κ2) is 8.99. The van der Waals surface area contributed by atoms with Crippen LogP contribution in [0.2, 0.25) is 0 Å². The van der Waals surface area contributed by atoms with Gasteiger partial charge in [0.05, 0.1) is 17.7 Å². The fraction of sp³-hybridized carbons (Fsp3) is 0.130. The van der Waals surface area contributed by atoms with Crippen molar-refractivity contribution in [2.24, 2.45) is 0 Å². The largest absolute Gasteiger partial charge is 0.309 e. The van der Waals surface area contributed by atoms with E-state index in [-0.39, 0.29) is 36.6 Å². The van der Waals surface area contributed by atoms with Gasteiger partial charge < -0.3 is 5.32 Å². The van der Waals surface area contributed by atoms with Crippen molar-refractivity contribution in [1.82, 2.24) is 10.2 Å². The van der Waals surface area contributed by atoms with Crippen LogP contribution < -0.4 is 5.32 Å². The zero-order valence-corrected chi connectivity index (χ0v) is 16.4. The van der Waals surface area contributed by atoms with Crippen LogP contribution in [0.1, 0.15) is 37.4 Å². The average molecular weight is 411 g/mol. The number of carbonyl (C=O) groups is 2. The number of fused-ring (bicyclic) bond motifs is 1. The number of benzene rings is 3. The third kappa shape index (κ3) is 4.36. The molecule has 4 rings (SSSR count). The van der Waals surface area contributed by atoms with Gasteiger partial charge in [-0.3, -0.25) is 14.5 Å². The highest BCUT2D eigenvalue weighted by atomic mass is 35.5. The second-order valence-corrected chi connectivity index (χ2v) is 6.75. The predicted molar refractivity (Wildman–Crippen MR) is 111 cm³/mol. The third-order valence-electron chi connectivity index (χ3n) is 4.84. The molecule has 1 heterocycles. The Morgan fingerprint density at radius 1 is 0.724 bits per heavy atom. The van der Waals surface area contributed by atoms with E-state index in [1.54, 1.807) is 36.4 Å². The van der Waals surface area contributed by atoms with Crippen LogP contribution in [0.5, 0.6) is 0 Å². The van der Waals surface area contributed by atoms with Gasteiger partial charge in [-0.05, 0) is 29.3 Å². The van der Waals surface area contributed by atoms with Crippen LogP contribution in [0.25, 0.3) is 0 Å². The topological polar surface area (TPSA) is 49.4 Å². The van der Waals surface area contributed by atoms with Gasteiger partial charge >= 0.3 is 0 Å². The first kappa shape index (κ1) is 20.7. The maximum Gasteiger partial charge on any atom is 0.261 e. The van der Waals surface area contributed by atoms with Gasteiger partial charge in [0.1, 0.15) is 5.82 Å². The molecule has 0 aromatic heterocycles. The third-order valence-corrected chi connectivity index (χ3v) is 4.84. The Morgan fingerprint density at radius 2 is 1.28 bits per heavy atom. The van der Waals surface area contributed by atoms with E-state index in [0.717, 1.165) is 11.1 Å². The van der Waals surface area contributed by atoms with Gasteiger partial charge in [-0.15, -0.1) is 12.4 Å². The number of hydrogen-bond donors (Lipinski definition) is 1. The highest BCUT2D eigenvalue weighted by Crippen LogP contribution is 2.24. The molecule has 2 amide bonds. The van der Waals surface area contributed by atoms with E-state index in [1.807, 2.05) is 30.3 Å². The van der Waals surface area contributed by atoms with Gasteiger partial charge in [0.15, 0.2) is 0 Å². The lowest BCUT2D eigenvalue weighted by molar-refractivity contribution is 0.0642. The summed E-state index contributed by atoms with van der Waals surface area (Å²) in [5.74, 6) is -0.723. The van der Waals surface area contributed by atoms with E-state index < -0.39 is 0 Å². The number of nitrogens with one attached hydrogen (secondary N) is 1. The number of rotatable bonds is 6. The maximum absolute atomic E-state index is 13.6. The van der Waals surface area contributed by atoms with Gasteiger partial charge in [-0.2, -0.15) is 0 Å². The predicted octanol–water partition coefficient (Wildman–Crippen LogP) is 4.33. The summed E-state index contributed by atoms with van der Waals surface area (Å²) in [6, 6.07) is 21.3. The van der Waals surface area contributed by atoms with Crippen molar-refractivity contribution >= 4 is 24.2 Å². The fourth-order valence-corrected chi connectivity index (χ4v) is 3.31. The average Bonchev–Trinajstić information content (AvgIpc) is 2.96. The minimum atomic E-state index is -0.253. The van der Waals surface area contributed by atoms with E-state index >= 15 is 0 Å². The number of hydrogen-bond acceptors (Lipinski definition) is 3. The van der Waals surface area contributed by atoms with E-state index in [2.05, 4.69) is 5.32 Å². The summed E-state index contributed by atoms with van der Waals surface area (Å²) in [7, 11) is 0. The molecule has 3 aromatic carbocycles. The summed E-state index contributed by atoms with van der Waals surface area (Å²) in [6.07, 6.45) is 0. The first-order valence-corrected chi connectivity index (χ1v) is 9.10. The van der Waals surface area contributed by atoms with Gasteiger partial charge in [0, 0.05) is 18.7 Å².